The van der Waals surface area contributed by atoms with Gasteiger partial charge in [-0.05, 0) is 44.0 Å². The molecule has 0 fully saturated rings. The van der Waals surface area contributed by atoms with Crippen molar-refractivity contribution < 1.29 is 22.7 Å². The van der Waals surface area contributed by atoms with E-state index in [0.717, 1.165) is 34.5 Å². The Hall–Kier alpha value is -2.78. The zero-order valence-corrected chi connectivity index (χ0v) is 22.4. The second kappa shape index (κ2) is 12.8. The van der Waals surface area contributed by atoms with Gasteiger partial charge in [-0.3, -0.25) is 13.9 Å². The van der Waals surface area contributed by atoms with E-state index in [1.807, 2.05) is 38.1 Å². The number of amides is 2. The summed E-state index contributed by atoms with van der Waals surface area (Å²) >= 11 is 6.20. The van der Waals surface area contributed by atoms with Crippen LogP contribution in [-0.4, -0.2) is 57.6 Å². The highest BCUT2D eigenvalue weighted by Gasteiger charge is 2.30. The van der Waals surface area contributed by atoms with Crippen LogP contribution in [0.4, 0.5) is 5.69 Å². The number of aryl methyl sites for hydroxylation is 1. The average molecular weight is 524 g/mol. The zero-order valence-electron chi connectivity index (χ0n) is 20.9. The largest absolute Gasteiger partial charge is 0.495 e. The molecule has 1 atom stereocenters. The molecule has 0 heterocycles. The molecule has 2 aromatic rings. The van der Waals surface area contributed by atoms with E-state index < -0.39 is 28.5 Å². The lowest BCUT2D eigenvalue weighted by molar-refractivity contribution is -0.139. The fourth-order valence-corrected chi connectivity index (χ4v) is 4.64. The first-order valence-electron chi connectivity index (χ1n) is 11.4. The highest BCUT2D eigenvalue weighted by atomic mass is 35.5. The Kier molecular flexibility index (Phi) is 10.4. The molecule has 192 valence electrons. The molecule has 2 amide bonds. The number of benzene rings is 2. The first-order valence-corrected chi connectivity index (χ1v) is 13.6. The number of carbonyl (C=O) groups is 2. The lowest BCUT2D eigenvalue weighted by Gasteiger charge is -2.31. The number of nitrogens with one attached hydrogen (secondary N) is 1. The van der Waals surface area contributed by atoms with Crippen molar-refractivity contribution in [3.8, 4) is 5.75 Å². The number of sulfonamides is 1. The van der Waals surface area contributed by atoms with Gasteiger partial charge in [-0.2, -0.15) is 0 Å². The quantitative estimate of drug-likeness (QED) is 0.427. The maximum absolute atomic E-state index is 13.5. The minimum Gasteiger partial charge on any atom is -0.495 e. The predicted octanol–water partition coefficient (Wildman–Crippen LogP) is 3.76. The number of nitrogens with zero attached hydrogens (tertiary/aromatic N) is 2. The first-order chi connectivity index (χ1) is 16.5. The van der Waals surface area contributed by atoms with Crippen LogP contribution in [0, 0.1) is 6.92 Å². The van der Waals surface area contributed by atoms with Gasteiger partial charge < -0.3 is 15.0 Å². The van der Waals surface area contributed by atoms with Crippen molar-refractivity contribution in [2.45, 2.75) is 46.2 Å². The number of halogens is 1. The van der Waals surface area contributed by atoms with Gasteiger partial charge in [-0.25, -0.2) is 8.42 Å². The van der Waals surface area contributed by atoms with Crippen LogP contribution in [0.25, 0.3) is 0 Å². The Bertz CT molecular complexity index is 1140. The summed E-state index contributed by atoms with van der Waals surface area (Å²) in [5, 5.41) is 3.07. The van der Waals surface area contributed by atoms with Gasteiger partial charge in [0.15, 0.2) is 0 Å². The number of ether oxygens (including phenoxy) is 1. The summed E-state index contributed by atoms with van der Waals surface area (Å²) < 4.78 is 31.4. The number of rotatable bonds is 12. The molecular formula is C25H34ClN3O5S. The lowest BCUT2D eigenvalue weighted by Crippen LogP contribution is -2.51. The summed E-state index contributed by atoms with van der Waals surface area (Å²) in [5.74, 6) is -0.423. The monoisotopic (exact) mass is 523 g/mol. The van der Waals surface area contributed by atoms with E-state index in [2.05, 4.69) is 5.32 Å². The molecule has 0 aliphatic carbocycles. The molecule has 8 nitrogen and oxygen atoms in total. The molecule has 0 bridgehead atoms. The smallest absolute Gasteiger partial charge is 0.244 e. The van der Waals surface area contributed by atoms with E-state index in [-0.39, 0.29) is 23.2 Å². The molecule has 10 heteroatoms. The second-order valence-electron chi connectivity index (χ2n) is 8.42. The summed E-state index contributed by atoms with van der Waals surface area (Å²) in [5.41, 5.74) is 2.08. The van der Waals surface area contributed by atoms with Crippen LogP contribution in [0.3, 0.4) is 0 Å². The van der Waals surface area contributed by atoms with E-state index >= 15 is 0 Å². The maximum Gasteiger partial charge on any atom is 0.244 e. The van der Waals surface area contributed by atoms with E-state index in [0.29, 0.717) is 12.3 Å². The molecule has 0 aromatic heterocycles. The third-order valence-corrected chi connectivity index (χ3v) is 6.97. The van der Waals surface area contributed by atoms with Crippen molar-refractivity contribution in [1.82, 2.24) is 10.2 Å². The Morgan fingerprint density at radius 2 is 1.89 bits per heavy atom. The molecule has 0 spiro atoms. The number of hydrogen-bond donors (Lipinski definition) is 1. The van der Waals surface area contributed by atoms with Crippen LogP contribution < -0.4 is 14.4 Å². The van der Waals surface area contributed by atoms with E-state index in [1.54, 1.807) is 6.92 Å². The fraction of sp³-hybridized carbons (Fsp3) is 0.440. The van der Waals surface area contributed by atoms with Crippen molar-refractivity contribution in [2.75, 3.05) is 30.8 Å². The number of methoxy groups -OCH3 is 1. The molecule has 1 N–H and O–H groups in total. The predicted molar refractivity (Wildman–Crippen MR) is 139 cm³/mol. The summed E-state index contributed by atoms with van der Waals surface area (Å²) in [4.78, 5) is 27.8. The van der Waals surface area contributed by atoms with Crippen LogP contribution in [0.5, 0.6) is 5.75 Å². The molecule has 0 saturated carbocycles. The van der Waals surface area contributed by atoms with Crippen LogP contribution in [-0.2, 0) is 26.2 Å². The third kappa shape index (κ3) is 8.14. The normalized spacial score (nSPS) is 12.1. The minimum absolute atomic E-state index is 0.157. The first kappa shape index (κ1) is 28.5. The van der Waals surface area contributed by atoms with Gasteiger partial charge in [0.1, 0.15) is 18.3 Å². The number of carbonyl (C=O) groups excluding carboxylic acids is 2. The molecule has 0 aliphatic heterocycles. The summed E-state index contributed by atoms with van der Waals surface area (Å²) in [6, 6.07) is 11.3. The summed E-state index contributed by atoms with van der Waals surface area (Å²) in [7, 11) is -2.39. The van der Waals surface area contributed by atoms with Gasteiger partial charge >= 0.3 is 0 Å². The van der Waals surface area contributed by atoms with Gasteiger partial charge in [-0.1, -0.05) is 54.8 Å². The molecule has 0 saturated heterocycles. The fourth-order valence-electron chi connectivity index (χ4n) is 3.55. The van der Waals surface area contributed by atoms with Gasteiger partial charge in [0.2, 0.25) is 21.8 Å². The van der Waals surface area contributed by atoms with Crippen molar-refractivity contribution in [2.24, 2.45) is 0 Å². The van der Waals surface area contributed by atoms with Crippen molar-refractivity contribution in [1.29, 1.82) is 0 Å². The highest BCUT2D eigenvalue weighted by Crippen LogP contribution is 2.30. The topological polar surface area (TPSA) is 96.0 Å². The molecule has 35 heavy (non-hydrogen) atoms. The molecule has 0 radical (unpaired) electrons. The standard InChI is InChI=1S/C25H34ClN3O5S/c1-6-7-13-27-25(31)19(3)28(16-20-10-8-9-18(2)14-20)24(30)17-29(35(5,32)33)21-11-12-23(34-4)22(26)15-21/h8-12,14-15,19H,6-7,13,16-17H2,1-5H3,(H,27,31). The minimum atomic E-state index is -3.84. The Morgan fingerprint density at radius 1 is 1.17 bits per heavy atom. The van der Waals surface area contributed by atoms with Crippen LogP contribution in [0.15, 0.2) is 42.5 Å². The maximum atomic E-state index is 13.5. The van der Waals surface area contributed by atoms with Crippen molar-refractivity contribution in [3.05, 3.63) is 58.6 Å². The summed E-state index contributed by atoms with van der Waals surface area (Å²) in [6.45, 7) is 5.78. The van der Waals surface area contributed by atoms with Gasteiger partial charge in [0, 0.05) is 13.1 Å². The molecule has 1 unspecified atom stereocenters. The second-order valence-corrected chi connectivity index (χ2v) is 10.7. The highest BCUT2D eigenvalue weighted by molar-refractivity contribution is 7.92. The van der Waals surface area contributed by atoms with E-state index in [1.165, 1.54) is 30.2 Å². The zero-order chi connectivity index (χ0) is 26.2. The Labute approximate surface area is 213 Å². The number of hydrogen-bond acceptors (Lipinski definition) is 5. The molecule has 2 aromatic carbocycles. The molecular weight excluding hydrogens is 490 g/mol. The Morgan fingerprint density at radius 3 is 2.46 bits per heavy atom. The molecule has 2 rings (SSSR count). The van der Waals surface area contributed by atoms with Gasteiger partial charge in [-0.15, -0.1) is 0 Å². The number of anilines is 1. The lowest BCUT2D eigenvalue weighted by atomic mass is 10.1. The number of unbranched alkanes of at least 4 members (excludes halogenated alkanes) is 1. The van der Waals surface area contributed by atoms with Crippen LogP contribution in [0.2, 0.25) is 5.02 Å². The Balaban J connectivity index is 2.38. The van der Waals surface area contributed by atoms with Gasteiger partial charge in [0.25, 0.3) is 0 Å². The van der Waals surface area contributed by atoms with Gasteiger partial charge in [0.05, 0.1) is 24.1 Å². The van der Waals surface area contributed by atoms with Crippen molar-refractivity contribution in [3.63, 3.8) is 0 Å². The third-order valence-electron chi connectivity index (χ3n) is 5.53. The van der Waals surface area contributed by atoms with Crippen LogP contribution >= 0.6 is 11.6 Å². The summed E-state index contributed by atoms with van der Waals surface area (Å²) in [6.07, 6.45) is 2.77. The SMILES string of the molecule is CCCCNC(=O)C(C)N(Cc1cccc(C)c1)C(=O)CN(c1ccc(OC)c(Cl)c1)S(C)(=O)=O. The van der Waals surface area contributed by atoms with Crippen LogP contribution in [0.1, 0.15) is 37.8 Å². The van der Waals surface area contributed by atoms with Crippen molar-refractivity contribution >= 4 is 39.1 Å². The molecule has 0 aliphatic rings. The van der Waals surface area contributed by atoms with E-state index in [9.17, 15) is 18.0 Å². The van der Waals surface area contributed by atoms with E-state index in [4.69, 9.17) is 16.3 Å². The average Bonchev–Trinajstić information content (AvgIpc) is 2.79.